The zero-order chi connectivity index (χ0) is 46.0. The Morgan fingerprint density at radius 3 is 1.89 bits per heavy atom. The lowest BCUT2D eigenvalue weighted by atomic mass is 10.1. The number of ether oxygens (including phenoxy) is 1. The van der Waals surface area contributed by atoms with Crippen LogP contribution in [0.3, 0.4) is 0 Å². The van der Waals surface area contributed by atoms with Crippen molar-refractivity contribution in [2.75, 3.05) is 56.5 Å². The van der Waals surface area contributed by atoms with Gasteiger partial charge in [-0.05, 0) is 52.4 Å². The van der Waals surface area contributed by atoms with Gasteiger partial charge >= 0.3 is 24.2 Å². The molecule has 0 bridgehead atoms. The third-order valence-electron chi connectivity index (χ3n) is 8.59. The minimum atomic E-state index is -1.88. The number of carboxylic acid groups (broad SMARTS) is 1. The number of aliphatic hydroxyl groups excluding tert-OH is 4. The number of nitrogens with zero attached hydrogens (tertiary/aromatic N) is 3. The van der Waals surface area contributed by atoms with Crippen molar-refractivity contribution in [2.24, 2.45) is 0 Å². The predicted octanol–water partition coefficient (Wildman–Crippen LogP) is -1.74. The van der Waals surface area contributed by atoms with Crippen molar-refractivity contribution in [3.8, 4) is 0 Å². The Morgan fingerprint density at radius 2 is 1.29 bits per heavy atom. The number of alkyl carbamates (subject to hydrolysis) is 1. The van der Waals surface area contributed by atoms with Crippen LogP contribution in [0.5, 0.6) is 0 Å². The number of carbonyl (C=O) groups excluding carboxylic acids is 5. The van der Waals surface area contributed by atoms with Gasteiger partial charge in [-0.3, -0.25) is 39.8 Å². The van der Waals surface area contributed by atoms with Crippen molar-refractivity contribution >= 4 is 48.0 Å². The molecule has 26 heteroatoms. The number of nitrogens with one attached hydrogen (secondary N) is 9. The van der Waals surface area contributed by atoms with E-state index in [9.17, 15) is 63.9 Å². The molecule has 4 atom stereocenters. The smallest absolute Gasteiger partial charge is 0.407 e. The summed E-state index contributed by atoms with van der Waals surface area (Å²) >= 11 is 0. The molecule has 0 unspecified atom stereocenters. The van der Waals surface area contributed by atoms with Crippen molar-refractivity contribution in [3.63, 3.8) is 0 Å². The number of hydrogen-bond donors (Lipinski definition) is 14. The number of H-pyrrole nitrogens is 2. The lowest BCUT2D eigenvalue weighted by molar-refractivity contribution is -0.136. The lowest BCUT2D eigenvalue weighted by Crippen LogP contribution is -2.45. The van der Waals surface area contributed by atoms with E-state index >= 15 is 0 Å². The average molecular weight is 883 g/mol. The van der Waals surface area contributed by atoms with E-state index in [0.717, 1.165) is 17.7 Å². The lowest BCUT2D eigenvalue weighted by Gasteiger charge is -2.21. The molecule has 2 rings (SSSR count). The first-order chi connectivity index (χ1) is 29.4. The minimum Gasteiger partial charge on any atom is -0.465 e. The topological polar surface area (TPSA) is 392 Å². The van der Waals surface area contributed by atoms with Crippen molar-refractivity contribution in [2.45, 2.75) is 96.2 Å². The molecular weight excluding hydrogens is 824 g/mol. The van der Waals surface area contributed by atoms with Gasteiger partial charge in [0.1, 0.15) is 6.61 Å². The molecule has 2 aromatic heterocycles. The third kappa shape index (κ3) is 22.3. The van der Waals surface area contributed by atoms with E-state index in [2.05, 4.69) is 57.2 Å². The number of hydrogen-bond acceptors (Lipinski definition) is 15. The Kier molecular flexibility index (Phi) is 23.5. The van der Waals surface area contributed by atoms with Gasteiger partial charge in [-0.1, -0.05) is 12.8 Å². The molecule has 0 radical (unpaired) electrons. The largest absolute Gasteiger partial charge is 0.465 e. The van der Waals surface area contributed by atoms with Crippen molar-refractivity contribution < 1.29 is 59.0 Å². The Labute approximate surface area is 355 Å². The normalized spacial score (nSPS) is 12.7. The van der Waals surface area contributed by atoms with Gasteiger partial charge in [0.25, 0.3) is 17.0 Å². The summed E-state index contributed by atoms with van der Waals surface area (Å²) < 4.78 is 4.97. The molecule has 14 N–H and O–H groups in total. The highest BCUT2D eigenvalue weighted by Crippen LogP contribution is 2.07. The minimum absolute atomic E-state index is 0.00222. The fourth-order valence-corrected chi connectivity index (χ4v) is 5.42. The van der Waals surface area contributed by atoms with Gasteiger partial charge in [0, 0.05) is 62.7 Å². The Bertz CT molecular complexity index is 1880. The molecule has 0 saturated heterocycles. The van der Waals surface area contributed by atoms with Crippen LogP contribution in [0, 0.1) is 13.8 Å². The predicted molar refractivity (Wildman–Crippen MR) is 219 cm³/mol. The summed E-state index contributed by atoms with van der Waals surface area (Å²) in [6, 6.07) is 1.07. The first kappa shape index (κ1) is 51.8. The number of aromatic amines is 2. The van der Waals surface area contributed by atoms with E-state index in [1.54, 1.807) is 13.8 Å². The van der Waals surface area contributed by atoms with E-state index < -0.39 is 66.2 Å². The van der Waals surface area contributed by atoms with Crippen LogP contribution >= 0.6 is 0 Å². The molecule has 0 fully saturated rings. The number of anilines is 2. The summed E-state index contributed by atoms with van der Waals surface area (Å²) in [6.07, 6.45) is -5.77. The molecule has 2 heterocycles. The first-order valence-corrected chi connectivity index (χ1v) is 19.9. The number of aromatic nitrogens is 4. The second kappa shape index (κ2) is 28.2. The van der Waals surface area contributed by atoms with Gasteiger partial charge in [-0.2, -0.15) is 0 Å². The number of carbonyl (C=O) groups is 6. The number of aliphatic hydroxyl groups is 4. The van der Waals surface area contributed by atoms with E-state index in [1.807, 2.05) is 0 Å². The van der Waals surface area contributed by atoms with Crippen molar-refractivity contribution in [3.05, 3.63) is 44.2 Å². The van der Waals surface area contributed by atoms with Gasteiger partial charge in [0.05, 0.1) is 18.8 Å². The number of rotatable bonds is 27. The Balaban J connectivity index is 1.49. The highest BCUT2D eigenvalue weighted by atomic mass is 16.5. The highest BCUT2D eigenvalue weighted by Gasteiger charge is 2.25. The van der Waals surface area contributed by atoms with Gasteiger partial charge in [-0.15, -0.1) is 0 Å². The molecule has 0 aliphatic heterocycles. The second-order valence-corrected chi connectivity index (χ2v) is 13.9. The van der Waals surface area contributed by atoms with Crippen LogP contribution in [0.15, 0.2) is 21.7 Å². The monoisotopic (exact) mass is 882 g/mol. The van der Waals surface area contributed by atoms with Crippen LogP contribution in [-0.4, -0.2) is 157 Å². The number of amides is 8. The summed E-state index contributed by atoms with van der Waals surface area (Å²) in [5.41, 5.74) is -0.0670. The molecule has 0 saturated carbocycles. The van der Waals surface area contributed by atoms with E-state index in [0.29, 0.717) is 37.3 Å². The standard InChI is InChI=1S/C36H58N12O14/c1-21-19-26(52)43-31(41-21)46-33(57)39-12-6-3-4-7-13-40-35(59)62-18-15-38-30(56)28(54)23(49)10-11-25(51)37-14-17-48(36(60)61)16-8-5-9-24(50)29(55)45-34(58)47-32-42-22(2)20-27(53)44-32/h19-20,23-24,28-29,49-50,54-55H,3-18H2,1-2H3,(H,37,51)(H,38,56)(H,40,59)(H,60,61)(H3,39,41,43,46,52,57)(H3,42,44,45,47,53,58)/t23-,24-,28+,29+/m1/s1. The van der Waals surface area contributed by atoms with Crippen molar-refractivity contribution in [1.29, 1.82) is 0 Å². The van der Waals surface area contributed by atoms with Gasteiger partial charge in [-0.25, -0.2) is 29.1 Å². The Morgan fingerprint density at radius 1 is 0.694 bits per heavy atom. The van der Waals surface area contributed by atoms with E-state index in [1.165, 1.54) is 12.1 Å². The maximum atomic E-state index is 12.3. The molecule has 0 aliphatic carbocycles. The molecule has 62 heavy (non-hydrogen) atoms. The summed E-state index contributed by atoms with van der Waals surface area (Å²) in [6.45, 7) is 3.34. The van der Waals surface area contributed by atoms with Crippen LogP contribution in [0.2, 0.25) is 0 Å². The van der Waals surface area contributed by atoms with Gasteiger partial charge < -0.3 is 61.8 Å². The highest BCUT2D eigenvalue weighted by molar-refractivity contribution is 5.87. The zero-order valence-electron chi connectivity index (χ0n) is 34.5. The maximum absolute atomic E-state index is 12.3. The maximum Gasteiger partial charge on any atom is 0.407 e. The Hall–Kier alpha value is -6.38. The number of aryl methyl sites for hydroxylation is 2. The molecule has 0 aromatic carbocycles. The molecule has 2 aromatic rings. The van der Waals surface area contributed by atoms with Crippen LogP contribution < -0.4 is 48.3 Å². The summed E-state index contributed by atoms with van der Waals surface area (Å²) in [4.78, 5) is 109. The van der Waals surface area contributed by atoms with Crippen LogP contribution in [0.1, 0.15) is 69.2 Å². The summed E-state index contributed by atoms with van der Waals surface area (Å²) in [7, 11) is 0. The van der Waals surface area contributed by atoms with E-state index in [4.69, 9.17) is 4.74 Å². The molecule has 0 spiro atoms. The fraction of sp³-hybridized carbons (Fsp3) is 0.611. The molecular formula is C36H58N12O14. The molecule has 8 amide bonds. The summed E-state index contributed by atoms with van der Waals surface area (Å²) in [5, 5.41) is 66.9. The van der Waals surface area contributed by atoms with Crippen LogP contribution in [0.4, 0.5) is 31.1 Å². The van der Waals surface area contributed by atoms with E-state index in [-0.39, 0.29) is 82.3 Å². The molecule has 0 aliphatic rings. The first-order valence-electron chi connectivity index (χ1n) is 19.9. The van der Waals surface area contributed by atoms with Crippen LogP contribution in [-0.2, 0) is 14.3 Å². The molecule has 26 nitrogen and oxygen atoms in total. The summed E-state index contributed by atoms with van der Waals surface area (Å²) in [5.74, 6) is -1.64. The fourth-order valence-electron chi connectivity index (χ4n) is 5.42. The third-order valence-corrected chi connectivity index (χ3v) is 8.59. The van der Waals surface area contributed by atoms with Crippen molar-refractivity contribution in [1.82, 2.24) is 51.4 Å². The average Bonchev–Trinajstić information content (AvgIpc) is 3.18. The second-order valence-electron chi connectivity index (χ2n) is 13.9. The van der Waals surface area contributed by atoms with Gasteiger partial charge in [0.2, 0.25) is 17.8 Å². The molecule has 346 valence electrons. The SMILES string of the molecule is Cc1cc(=O)[nH]c(NC(=O)NCCCCCCNC(=O)OCCNC(=O)[C@@H](O)[C@H](O)CCC(=O)NCCN(CCCC[C@@H](O)[C@H](O)NC(=O)Nc2nc(C)cc(=O)[nH]2)C(=O)O)n1. The van der Waals surface area contributed by atoms with Crippen LogP contribution in [0.25, 0.3) is 0 Å². The zero-order valence-corrected chi connectivity index (χ0v) is 34.5. The quantitative estimate of drug-likeness (QED) is 0.0350. The van der Waals surface area contributed by atoms with Gasteiger partial charge in [0.15, 0.2) is 12.3 Å². The number of urea groups is 2. The number of unbranched alkanes of at least 4 members (excludes halogenated alkanes) is 4.